The Bertz CT molecular complexity index is 151. The van der Waals surface area contributed by atoms with Gasteiger partial charge >= 0.3 is 0 Å². The first-order valence-corrected chi connectivity index (χ1v) is 4.10. The van der Waals surface area contributed by atoms with Gasteiger partial charge in [0.25, 0.3) is 0 Å². The molecule has 0 atom stereocenters. The highest BCUT2D eigenvalue weighted by Crippen LogP contribution is 2.19. The van der Waals surface area contributed by atoms with Crippen molar-refractivity contribution in [3.05, 3.63) is 8.61 Å². The minimum atomic E-state index is 0.0439. The molecule has 0 saturated heterocycles. The molecular formula is C6H8ClIO. The monoisotopic (exact) mass is 258 g/mol. The van der Waals surface area contributed by atoms with Crippen LogP contribution in [0, 0.1) is 0 Å². The van der Waals surface area contributed by atoms with E-state index < -0.39 is 0 Å². The van der Waals surface area contributed by atoms with E-state index in [0.717, 1.165) is 6.42 Å². The Kier molecular flexibility index (Phi) is 4.48. The molecule has 0 N–H and O–H groups in total. The largest absolute Gasteiger partial charge is 0.294 e. The predicted octanol–water partition coefficient (Wildman–Crippen LogP) is 2.87. The predicted molar refractivity (Wildman–Crippen MR) is 47.9 cm³/mol. The van der Waals surface area contributed by atoms with Crippen molar-refractivity contribution in [2.75, 3.05) is 0 Å². The van der Waals surface area contributed by atoms with Crippen molar-refractivity contribution in [2.45, 2.75) is 20.3 Å². The molecule has 0 rings (SSSR count). The maximum atomic E-state index is 10.6. The van der Waals surface area contributed by atoms with Gasteiger partial charge in [0.1, 0.15) is 0 Å². The summed E-state index contributed by atoms with van der Waals surface area (Å²) in [6.07, 6.45) is 0.736. The van der Waals surface area contributed by atoms with Crippen LogP contribution in [-0.2, 0) is 4.79 Å². The lowest BCUT2D eigenvalue weighted by atomic mass is 10.3. The quantitative estimate of drug-likeness (QED) is 0.550. The van der Waals surface area contributed by atoms with Crippen molar-refractivity contribution >= 4 is 40.0 Å². The summed E-state index contributed by atoms with van der Waals surface area (Å²) < 4.78 is 0.650. The molecule has 0 amide bonds. The molecular weight excluding hydrogens is 250 g/mol. The zero-order valence-electron chi connectivity index (χ0n) is 5.37. The Morgan fingerprint density at radius 3 is 2.22 bits per heavy atom. The van der Waals surface area contributed by atoms with E-state index in [-0.39, 0.29) is 5.78 Å². The number of carbonyl (C=O) groups is 1. The van der Waals surface area contributed by atoms with Crippen LogP contribution in [0.15, 0.2) is 8.61 Å². The maximum Gasteiger partial charge on any atom is 0.167 e. The molecule has 0 heterocycles. The van der Waals surface area contributed by atoms with E-state index in [0.29, 0.717) is 8.61 Å². The highest BCUT2D eigenvalue weighted by molar-refractivity contribution is 14.1. The topological polar surface area (TPSA) is 17.1 Å². The molecule has 0 saturated carbocycles. The highest BCUT2D eigenvalue weighted by Gasteiger charge is 2.02. The number of hydrogen-bond acceptors (Lipinski definition) is 1. The van der Waals surface area contributed by atoms with E-state index in [1.165, 1.54) is 6.92 Å². The molecule has 1 nitrogen and oxygen atoms in total. The third-order valence-electron chi connectivity index (χ3n) is 0.858. The summed E-state index contributed by atoms with van der Waals surface area (Å²) in [6.45, 7) is 3.43. The molecule has 0 spiro atoms. The minimum absolute atomic E-state index is 0.0439. The second-order valence-electron chi connectivity index (χ2n) is 1.63. The van der Waals surface area contributed by atoms with E-state index in [4.69, 9.17) is 11.6 Å². The van der Waals surface area contributed by atoms with Crippen molar-refractivity contribution < 1.29 is 4.79 Å². The van der Waals surface area contributed by atoms with Crippen molar-refractivity contribution in [1.82, 2.24) is 0 Å². The second-order valence-corrected chi connectivity index (χ2v) is 3.16. The van der Waals surface area contributed by atoms with Crippen molar-refractivity contribution in [3.63, 3.8) is 0 Å². The Balaban J connectivity index is 4.28. The number of Topliss-reactive ketones (excluding diaryl/α,β-unsaturated/α-hetero) is 1. The fourth-order valence-corrected chi connectivity index (χ4v) is 0.861. The number of allylic oxidation sites excluding steroid dienone is 2. The van der Waals surface area contributed by atoms with Gasteiger partial charge in [-0.05, 0) is 35.9 Å². The van der Waals surface area contributed by atoms with Crippen LogP contribution >= 0.6 is 34.2 Å². The average Bonchev–Trinajstić information content (AvgIpc) is 1.84. The normalized spacial score (nSPS) is 12.9. The highest BCUT2D eigenvalue weighted by atomic mass is 127. The van der Waals surface area contributed by atoms with Crippen LogP contribution in [0.3, 0.4) is 0 Å². The van der Waals surface area contributed by atoms with Crippen molar-refractivity contribution in [3.8, 4) is 0 Å². The average molecular weight is 258 g/mol. The molecule has 0 unspecified atom stereocenters. The summed E-state index contributed by atoms with van der Waals surface area (Å²) in [5.41, 5.74) is 0. The number of rotatable bonds is 2. The van der Waals surface area contributed by atoms with Gasteiger partial charge in [0.2, 0.25) is 0 Å². The van der Waals surface area contributed by atoms with Crippen LogP contribution in [0.5, 0.6) is 0 Å². The van der Waals surface area contributed by atoms with Crippen LogP contribution in [0.2, 0.25) is 0 Å². The van der Waals surface area contributed by atoms with Crippen molar-refractivity contribution in [2.24, 2.45) is 0 Å². The standard InChI is InChI=1S/C6H8ClIO/c1-3-5(7)6(8)4(2)9/h3H2,1-2H3/b6-5-. The summed E-state index contributed by atoms with van der Waals surface area (Å²) in [4.78, 5) is 10.6. The smallest absolute Gasteiger partial charge is 0.167 e. The van der Waals surface area contributed by atoms with Crippen LogP contribution in [0.4, 0.5) is 0 Å². The van der Waals surface area contributed by atoms with E-state index in [1.54, 1.807) is 0 Å². The van der Waals surface area contributed by atoms with E-state index >= 15 is 0 Å². The molecule has 0 fully saturated rings. The molecule has 0 aliphatic rings. The molecule has 52 valence electrons. The Morgan fingerprint density at radius 2 is 2.11 bits per heavy atom. The fourth-order valence-electron chi connectivity index (χ4n) is 0.346. The molecule has 0 aromatic heterocycles. The molecule has 0 radical (unpaired) electrons. The van der Waals surface area contributed by atoms with E-state index in [1.807, 2.05) is 29.5 Å². The number of hydrogen-bond donors (Lipinski definition) is 0. The molecule has 0 bridgehead atoms. The van der Waals surface area contributed by atoms with Crippen LogP contribution < -0.4 is 0 Å². The number of ketones is 1. The Hall–Kier alpha value is 0.430. The fraction of sp³-hybridized carbons (Fsp3) is 0.500. The van der Waals surface area contributed by atoms with Gasteiger partial charge in [0.15, 0.2) is 5.78 Å². The maximum absolute atomic E-state index is 10.6. The SMILES string of the molecule is CC/C(Cl)=C(/I)C(C)=O. The zero-order chi connectivity index (χ0) is 7.44. The number of carbonyl (C=O) groups excluding carboxylic acids is 1. The van der Waals surface area contributed by atoms with Crippen molar-refractivity contribution in [1.29, 1.82) is 0 Å². The van der Waals surface area contributed by atoms with Gasteiger partial charge in [-0.1, -0.05) is 18.5 Å². The molecule has 0 aromatic carbocycles. The zero-order valence-corrected chi connectivity index (χ0v) is 8.28. The van der Waals surface area contributed by atoms with Gasteiger partial charge in [-0.15, -0.1) is 0 Å². The first kappa shape index (κ1) is 9.43. The van der Waals surface area contributed by atoms with Gasteiger partial charge in [-0.25, -0.2) is 0 Å². The third kappa shape index (κ3) is 3.20. The third-order valence-corrected chi connectivity index (χ3v) is 3.04. The lowest BCUT2D eigenvalue weighted by Gasteiger charge is -1.94. The van der Waals surface area contributed by atoms with Gasteiger partial charge < -0.3 is 0 Å². The summed E-state index contributed by atoms with van der Waals surface area (Å²) in [6, 6.07) is 0. The lowest BCUT2D eigenvalue weighted by Crippen LogP contribution is -1.89. The van der Waals surface area contributed by atoms with E-state index in [2.05, 4.69) is 0 Å². The van der Waals surface area contributed by atoms with Crippen LogP contribution in [0.1, 0.15) is 20.3 Å². The molecule has 0 aliphatic carbocycles. The minimum Gasteiger partial charge on any atom is -0.294 e. The second kappa shape index (κ2) is 4.28. The first-order valence-electron chi connectivity index (χ1n) is 2.64. The first-order chi connectivity index (χ1) is 4.09. The van der Waals surface area contributed by atoms with Gasteiger partial charge in [0, 0.05) is 5.03 Å². The summed E-state index contributed by atoms with van der Waals surface area (Å²) in [7, 11) is 0. The molecule has 9 heavy (non-hydrogen) atoms. The lowest BCUT2D eigenvalue weighted by molar-refractivity contribution is -0.112. The Labute approximate surface area is 73.6 Å². The summed E-state index contributed by atoms with van der Waals surface area (Å²) in [5.74, 6) is 0.0439. The Morgan fingerprint density at radius 1 is 1.67 bits per heavy atom. The van der Waals surface area contributed by atoms with E-state index in [9.17, 15) is 4.79 Å². The molecule has 3 heteroatoms. The van der Waals surface area contributed by atoms with Crippen LogP contribution in [-0.4, -0.2) is 5.78 Å². The molecule has 0 aliphatic heterocycles. The molecule has 0 aromatic rings. The van der Waals surface area contributed by atoms with Gasteiger partial charge in [0.05, 0.1) is 3.58 Å². The number of halogens is 2. The van der Waals surface area contributed by atoms with Gasteiger partial charge in [-0.3, -0.25) is 4.79 Å². The summed E-state index contributed by atoms with van der Waals surface area (Å²) >= 11 is 7.62. The summed E-state index contributed by atoms with van der Waals surface area (Å²) in [5, 5.41) is 0.656. The van der Waals surface area contributed by atoms with Gasteiger partial charge in [-0.2, -0.15) is 0 Å². The van der Waals surface area contributed by atoms with Crippen LogP contribution in [0.25, 0.3) is 0 Å².